The Morgan fingerprint density at radius 1 is 1.09 bits per heavy atom. The van der Waals surface area contributed by atoms with Crippen LogP contribution in [0.5, 0.6) is 5.75 Å². The van der Waals surface area contributed by atoms with E-state index in [2.05, 4.69) is 29.1 Å². The lowest BCUT2D eigenvalue weighted by Crippen LogP contribution is -2.44. The molecule has 3 aromatic rings. The summed E-state index contributed by atoms with van der Waals surface area (Å²) in [6, 6.07) is 14.2. The van der Waals surface area contributed by atoms with Gasteiger partial charge in [0.05, 0.1) is 17.2 Å². The molecule has 0 aliphatic carbocycles. The van der Waals surface area contributed by atoms with Crippen LogP contribution in [0.3, 0.4) is 0 Å². The van der Waals surface area contributed by atoms with E-state index in [0.717, 1.165) is 24.8 Å². The van der Waals surface area contributed by atoms with Crippen molar-refractivity contribution in [1.29, 1.82) is 0 Å². The van der Waals surface area contributed by atoms with Crippen LogP contribution in [0.1, 0.15) is 49.0 Å². The first-order valence-electron chi connectivity index (χ1n) is 12.2. The van der Waals surface area contributed by atoms with Gasteiger partial charge in [-0.25, -0.2) is 9.97 Å². The summed E-state index contributed by atoms with van der Waals surface area (Å²) in [6.45, 7) is 6.40. The topological polar surface area (TPSA) is 95.4 Å². The van der Waals surface area contributed by atoms with Crippen molar-refractivity contribution in [3.8, 4) is 17.1 Å². The largest absolute Gasteiger partial charge is 0.506 e. The number of nitrogens with one attached hydrogen (secondary N) is 1. The third-order valence-corrected chi connectivity index (χ3v) is 6.92. The maximum atomic E-state index is 14.1. The lowest BCUT2D eigenvalue weighted by atomic mass is 9.89. The number of aromatic hydroxyl groups is 1. The van der Waals surface area contributed by atoms with E-state index in [4.69, 9.17) is 0 Å². The van der Waals surface area contributed by atoms with Crippen molar-refractivity contribution in [2.24, 2.45) is 11.8 Å². The standard InChI is InChI=1S/C28H32N4O3/c1-4-20-12-11-19(3)23(27(34)31-24-8-5-6-9-25(24)33)17-32(20)28(35)22-16-18(2)10-13-21(22)26-29-14-7-15-30-26/h5-10,13-16,19-20,23,33H,4,11-12,17H2,1-3H3,(H,31,34). The zero-order chi connectivity index (χ0) is 24.9. The zero-order valence-electron chi connectivity index (χ0n) is 20.4. The van der Waals surface area contributed by atoms with Crippen LogP contribution in [0.4, 0.5) is 5.69 Å². The second-order valence-corrected chi connectivity index (χ2v) is 9.31. The molecule has 1 saturated heterocycles. The predicted octanol–water partition coefficient (Wildman–Crippen LogP) is 5.06. The number of rotatable bonds is 5. The quantitative estimate of drug-likeness (QED) is 0.506. The molecule has 7 heteroatoms. The highest BCUT2D eigenvalue weighted by molar-refractivity contribution is 6.01. The normalized spacial score (nSPS) is 20.2. The molecule has 2 N–H and O–H groups in total. The molecule has 1 aliphatic rings. The lowest BCUT2D eigenvalue weighted by molar-refractivity contribution is -0.121. The van der Waals surface area contributed by atoms with E-state index in [9.17, 15) is 14.7 Å². The fourth-order valence-corrected chi connectivity index (χ4v) is 4.80. The van der Waals surface area contributed by atoms with Crippen LogP contribution in [0.2, 0.25) is 0 Å². The van der Waals surface area contributed by atoms with Gasteiger partial charge in [-0.3, -0.25) is 9.59 Å². The van der Waals surface area contributed by atoms with Crippen LogP contribution < -0.4 is 5.32 Å². The summed E-state index contributed by atoms with van der Waals surface area (Å²) in [5.74, 6) is -0.102. The number of aryl methyl sites for hydroxylation is 1. The summed E-state index contributed by atoms with van der Waals surface area (Å²) in [6.07, 6.45) is 5.79. The fraction of sp³-hybridized carbons (Fsp3) is 0.357. The number of amides is 2. The smallest absolute Gasteiger partial charge is 0.254 e. The Hall–Kier alpha value is -3.74. The minimum absolute atomic E-state index is 0.0220. The molecule has 0 saturated carbocycles. The first-order valence-corrected chi connectivity index (χ1v) is 12.2. The van der Waals surface area contributed by atoms with Gasteiger partial charge in [-0.1, -0.05) is 43.7 Å². The molecule has 2 aromatic carbocycles. The second kappa shape index (κ2) is 10.7. The van der Waals surface area contributed by atoms with E-state index in [-0.39, 0.29) is 29.5 Å². The molecule has 0 spiro atoms. The molecule has 1 aromatic heterocycles. The summed E-state index contributed by atoms with van der Waals surface area (Å²) in [5.41, 5.74) is 2.58. The molecule has 1 aliphatic heterocycles. The van der Waals surface area contributed by atoms with Crippen molar-refractivity contribution in [2.75, 3.05) is 11.9 Å². The van der Waals surface area contributed by atoms with E-state index >= 15 is 0 Å². The number of para-hydroxylation sites is 2. The number of phenols is 1. The van der Waals surface area contributed by atoms with Crippen molar-refractivity contribution >= 4 is 17.5 Å². The Kier molecular flexibility index (Phi) is 7.44. The van der Waals surface area contributed by atoms with Crippen LogP contribution in [0, 0.1) is 18.8 Å². The summed E-state index contributed by atoms with van der Waals surface area (Å²) in [7, 11) is 0. The molecule has 0 bridgehead atoms. The first kappa shape index (κ1) is 24.4. The van der Waals surface area contributed by atoms with Gasteiger partial charge in [0.25, 0.3) is 5.91 Å². The van der Waals surface area contributed by atoms with Gasteiger partial charge in [0.15, 0.2) is 5.82 Å². The van der Waals surface area contributed by atoms with E-state index in [1.165, 1.54) is 0 Å². The van der Waals surface area contributed by atoms with E-state index in [1.54, 1.807) is 42.7 Å². The van der Waals surface area contributed by atoms with E-state index < -0.39 is 5.92 Å². The molecular formula is C28H32N4O3. The van der Waals surface area contributed by atoms with Crippen LogP contribution in [-0.4, -0.2) is 44.4 Å². The van der Waals surface area contributed by atoms with Crippen LogP contribution >= 0.6 is 0 Å². The zero-order valence-corrected chi connectivity index (χ0v) is 20.4. The molecular weight excluding hydrogens is 440 g/mol. The fourth-order valence-electron chi connectivity index (χ4n) is 4.80. The van der Waals surface area contributed by atoms with Crippen molar-refractivity contribution in [1.82, 2.24) is 14.9 Å². The maximum absolute atomic E-state index is 14.1. The molecule has 2 heterocycles. The molecule has 35 heavy (non-hydrogen) atoms. The summed E-state index contributed by atoms with van der Waals surface area (Å²) < 4.78 is 0. The second-order valence-electron chi connectivity index (χ2n) is 9.31. The van der Waals surface area contributed by atoms with Gasteiger partial charge >= 0.3 is 0 Å². The van der Waals surface area contributed by atoms with Gasteiger partial charge in [0, 0.05) is 30.5 Å². The third kappa shape index (κ3) is 5.34. The first-order chi connectivity index (χ1) is 16.9. The Bertz CT molecular complexity index is 1200. The maximum Gasteiger partial charge on any atom is 0.254 e. The van der Waals surface area contributed by atoms with Gasteiger partial charge in [-0.05, 0) is 56.4 Å². The van der Waals surface area contributed by atoms with Crippen LogP contribution in [0.25, 0.3) is 11.4 Å². The molecule has 3 atom stereocenters. The molecule has 1 fully saturated rings. The highest BCUT2D eigenvalue weighted by Crippen LogP contribution is 2.32. The number of carbonyl (C=O) groups excluding carboxylic acids is 2. The van der Waals surface area contributed by atoms with Crippen molar-refractivity contribution in [3.05, 3.63) is 72.1 Å². The summed E-state index contributed by atoms with van der Waals surface area (Å²) in [4.78, 5) is 38.0. The summed E-state index contributed by atoms with van der Waals surface area (Å²) in [5, 5.41) is 13.0. The number of hydrogen-bond acceptors (Lipinski definition) is 5. The molecule has 182 valence electrons. The SMILES string of the molecule is CCC1CCC(C)C(C(=O)Nc2ccccc2O)CN1C(=O)c1cc(C)ccc1-c1ncccn1. The Balaban J connectivity index is 1.67. The number of hydrogen-bond donors (Lipinski definition) is 2. The molecule has 7 nitrogen and oxygen atoms in total. The monoisotopic (exact) mass is 472 g/mol. The van der Waals surface area contributed by atoms with Gasteiger partial charge in [0.2, 0.25) is 5.91 Å². The average molecular weight is 473 g/mol. The Morgan fingerprint density at radius 2 is 1.83 bits per heavy atom. The molecule has 3 unspecified atom stereocenters. The Morgan fingerprint density at radius 3 is 2.54 bits per heavy atom. The number of anilines is 1. The number of aromatic nitrogens is 2. The highest BCUT2D eigenvalue weighted by atomic mass is 16.3. The van der Waals surface area contributed by atoms with Gasteiger partial charge < -0.3 is 15.3 Å². The van der Waals surface area contributed by atoms with Crippen LogP contribution in [-0.2, 0) is 4.79 Å². The number of nitrogens with zero attached hydrogens (tertiary/aromatic N) is 3. The Labute approximate surface area is 206 Å². The number of carbonyl (C=O) groups is 2. The van der Waals surface area contributed by atoms with Gasteiger partial charge in [-0.2, -0.15) is 0 Å². The third-order valence-electron chi connectivity index (χ3n) is 6.92. The molecule has 0 radical (unpaired) electrons. The number of benzene rings is 2. The number of likely N-dealkylation sites (tertiary alicyclic amines) is 1. The highest BCUT2D eigenvalue weighted by Gasteiger charge is 2.37. The van der Waals surface area contributed by atoms with Crippen molar-refractivity contribution in [3.63, 3.8) is 0 Å². The lowest BCUT2D eigenvalue weighted by Gasteiger charge is -2.32. The minimum atomic E-state index is -0.406. The van der Waals surface area contributed by atoms with Crippen LogP contribution in [0.15, 0.2) is 60.9 Å². The van der Waals surface area contributed by atoms with Gasteiger partial charge in [0.1, 0.15) is 5.75 Å². The summed E-state index contributed by atoms with van der Waals surface area (Å²) >= 11 is 0. The molecule has 2 amide bonds. The minimum Gasteiger partial charge on any atom is -0.506 e. The van der Waals surface area contributed by atoms with Crippen molar-refractivity contribution < 1.29 is 14.7 Å². The number of phenolic OH excluding ortho intramolecular Hbond substituents is 1. The molecule has 4 rings (SSSR count). The van der Waals surface area contributed by atoms with Gasteiger partial charge in [-0.15, -0.1) is 0 Å². The van der Waals surface area contributed by atoms with Crippen molar-refractivity contribution in [2.45, 2.75) is 46.1 Å². The predicted molar refractivity (Wildman–Crippen MR) is 136 cm³/mol. The van der Waals surface area contributed by atoms with E-state index in [0.29, 0.717) is 29.2 Å². The van der Waals surface area contributed by atoms with E-state index in [1.807, 2.05) is 30.0 Å². The average Bonchev–Trinajstić information content (AvgIpc) is 3.04.